The molecule has 0 radical (unpaired) electrons. The summed E-state index contributed by atoms with van der Waals surface area (Å²) in [5, 5.41) is 4.58. The number of hydrogen-bond donors (Lipinski definition) is 2. The molecule has 1 aliphatic rings. The second-order valence-corrected chi connectivity index (χ2v) is 6.07. The Morgan fingerprint density at radius 1 is 1.15 bits per heavy atom. The van der Waals surface area contributed by atoms with Crippen molar-refractivity contribution < 1.29 is 0 Å². The molecule has 1 saturated heterocycles. The lowest BCUT2D eigenvalue weighted by molar-refractivity contribution is 0.460. The molecular formula is C17H22N2O. The SMILES string of the molecule is CC(C)c1cc(=O)[nH]c2cc(C3CCNCC3)ccc12. The van der Waals surface area contributed by atoms with Gasteiger partial charge >= 0.3 is 0 Å². The van der Waals surface area contributed by atoms with E-state index in [-0.39, 0.29) is 5.56 Å². The summed E-state index contributed by atoms with van der Waals surface area (Å²) in [6, 6.07) is 8.33. The maximum atomic E-state index is 11.8. The van der Waals surface area contributed by atoms with Gasteiger partial charge in [0.1, 0.15) is 0 Å². The van der Waals surface area contributed by atoms with Crippen molar-refractivity contribution in [3.63, 3.8) is 0 Å². The second kappa shape index (κ2) is 5.41. The highest BCUT2D eigenvalue weighted by Crippen LogP contribution is 2.29. The molecule has 106 valence electrons. The first-order valence-electron chi connectivity index (χ1n) is 7.53. The van der Waals surface area contributed by atoms with E-state index >= 15 is 0 Å². The molecule has 2 heterocycles. The van der Waals surface area contributed by atoms with Gasteiger partial charge in [0.15, 0.2) is 0 Å². The monoisotopic (exact) mass is 270 g/mol. The number of rotatable bonds is 2. The number of hydrogen-bond acceptors (Lipinski definition) is 2. The van der Waals surface area contributed by atoms with Crippen LogP contribution in [-0.4, -0.2) is 18.1 Å². The lowest BCUT2D eigenvalue weighted by Crippen LogP contribution is -2.26. The minimum atomic E-state index is 0.00339. The molecule has 0 spiro atoms. The topological polar surface area (TPSA) is 44.9 Å². The third-order valence-corrected chi connectivity index (χ3v) is 4.33. The Morgan fingerprint density at radius 2 is 1.90 bits per heavy atom. The van der Waals surface area contributed by atoms with Crippen LogP contribution in [0.2, 0.25) is 0 Å². The van der Waals surface area contributed by atoms with Crippen molar-refractivity contribution >= 4 is 10.9 Å². The van der Waals surface area contributed by atoms with E-state index in [0.717, 1.165) is 24.2 Å². The molecule has 20 heavy (non-hydrogen) atoms. The average molecular weight is 270 g/mol. The summed E-state index contributed by atoms with van der Waals surface area (Å²) in [5.41, 5.74) is 3.48. The maximum absolute atomic E-state index is 11.8. The van der Waals surface area contributed by atoms with E-state index in [9.17, 15) is 4.79 Å². The molecule has 1 aromatic heterocycles. The fraction of sp³-hybridized carbons (Fsp3) is 0.471. The van der Waals surface area contributed by atoms with Crippen molar-refractivity contribution in [1.29, 1.82) is 0 Å². The van der Waals surface area contributed by atoms with Crippen LogP contribution in [0.1, 0.15) is 49.7 Å². The Hall–Kier alpha value is -1.61. The predicted molar refractivity (Wildman–Crippen MR) is 83.5 cm³/mol. The molecule has 0 unspecified atom stereocenters. The van der Waals surface area contributed by atoms with E-state index < -0.39 is 0 Å². The van der Waals surface area contributed by atoms with Crippen LogP contribution in [0.25, 0.3) is 10.9 Å². The van der Waals surface area contributed by atoms with Gasteiger partial charge < -0.3 is 10.3 Å². The van der Waals surface area contributed by atoms with E-state index in [0.29, 0.717) is 11.8 Å². The van der Waals surface area contributed by atoms with Crippen LogP contribution in [0, 0.1) is 0 Å². The van der Waals surface area contributed by atoms with Crippen LogP contribution in [0.4, 0.5) is 0 Å². The highest BCUT2D eigenvalue weighted by Gasteiger charge is 2.16. The number of nitrogens with one attached hydrogen (secondary N) is 2. The zero-order chi connectivity index (χ0) is 14.1. The smallest absolute Gasteiger partial charge is 0.248 e. The Bertz CT molecular complexity index is 666. The molecule has 3 nitrogen and oxygen atoms in total. The highest BCUT2D eigenvalue weighted by atomic mass is 16.1. The molecule has 0 saturated carbocycles. The Balaban J connectivity index is 2.09. The Labute approximate surface area is 119 Å². The van der Waals surface area contributed by atoms with Crippen LogP contribution in [-0.2, 0) is 0 Å². The molecule has 3 heteroatoms. The number of pyridine rings is 1. The molecule has 0 atom stereocenters. The quantitative estimate of drug-likeness (QED) is 0.880. The van der Waals surface area contributed by atoms with Crippen molar-refractivity contribution in [2.24, 2.45) is 0 Å². The number of fused-ring (bicyclic) bond motifs is 1. The summed E-state index contributed by atoms with van der Waals surface area (Å²) in [6.45, 7) is 6.44. The van der Waals surface area contributed by atoms with E-state index in [1.165, 1.54) is 23.8 Å². The maximum Gasteiger partial charge on any atom is 0.248 e. The number of aromatic nitrogens is 1. The second-order valence-electron chi connectivity index (χ2n) is 6.07. The lowest BCUT2D eigenvalue weighted by atomic mass is 9.88. The molecular weight excluding hydrogens is 248 g/mol. The van der Waals surface area contributed by atoms with Crippen LogP contribution < -0.4 is 10.9 Å². The fourth-order valence-electron chi connectivity index (χ4n) is 3.19. The van der Waals surface area contributed by atoms with Gasteiger partial charge in [0.25, 0.3) is 0 Å². The summed E-state index contributed by atoms with van der Waals surface area (Å²) >= 11 is 0. The Morgan fingerprint density at radius 3 is 2.60 bits per heavy atom. The van der Waals surface area contributed by atoms with Crippen molar-refractivity contribution in [3.05, 3.63) is 45.7 Å². The lowest BCUT2D eigenvalue weighted by Gasteiger charge is -2.23. The largest absolute Gasteiger partial charge is 0.322 e. The minimum Gasteiger partial charge on any atom is -0.322 e. The van der Waals surface area contributed by atoms with Crippen molar-refractivity contribution in [2.75, 3.05) is 13.1 Å². The zero-order valence-corrected chi connectivity index (χ0v) is 12.2. The standard InChI is InChI=1S/C17H22N2O/c1-11(2)15-10-17(20)19-16-9-13(3-4-14(15)16)12-5-7-18-8-6-12/h3-4,9-12,18H,5-8H2,1-2H3,(H,19,20). The molecule has 3 rings (SSSR count). The van der Waals surface area contributed by atoms with Gasteiger partial charge in [-0.05, 0) is 55.0 Å². The summed E-state index contributed by atoms with van der Waals surface area (Å²) in [4.78, 5) is 14.8. The van der Waals surface area contributed by atoms with E-state index in [2.05, 4.69) is 42.3 Å². The highest BCUT2D eigenvalue weighted by molar-refractivity contribution is 5.83. The molecule has 2 aromatic rings. The first-order chi connectivity index (χ1) is 9.65. The van der Waals surface area contributed by atoms with Gasteiger partial charge in [0, 0.05) is 17.0 Å². The summed E-state index contributed by atoms with van der Waals surface area (Å²) in [5.74, 6) is 0.983. The van der Waals surface area contributed by atoms with Gasteiger partial charge in [-0.2, -0.15) is 0 Å². The molecule has 0 aliphatic carbocycles. The van der Waals surface area contributed by atoms with Crippen molar-refractivity contribution in [1.82, 2.24) is 10.3 Å². The van der Waals surface area contributed by atoms with Gasteiger partial charge in [0.2, 0.25) is 5.56 Å². The molecule has 1 fully saturated rings. The molecule has 1 aromatic carbocycles. The first-order valence-corrected chi connectivity index (χ1v) is 7.53. The molecule has 0 amide bonds. The third-order valence-electron chi connectivity index (χ3n) is 4.33. The molecule has 1 aliphatic heterocycles. The van der Waals surface area contributed by atoms with Gasteiger partial charge in [-0.1, -0.05) is 26.0 Å². The van der Waals surface area contributed by atoms with Gasteiger partial charge in [-0.3, -0.25) is 4.79 Å². The number of H-pyrrole nitrogens is 1. The first kappa shape index (κ1) is 13.4. The molecule has 0 bridgehead atoms. The zero-order valence-electron chi connectivity index (χ0n) is 12.2. The van der Waals surface area contributed by atoms with Gasteiger partial charge in [-0.15, -0.1) is 0 Å². The van der Waals surface area contributed by atoms with Crippen molar-refractivity contribution in [3.8, 4) is 0 Å². The fourth-order valence-corrected chi connectivity index (χ4v) is 3.19. The minimum absolute atomic E-state index is 0.00339. The number of aromatic amines is 1. The van der Waals surface area contributed by atoms with E-state index in [4.69, 9.17) is 0 Å². The van der Waals surface area contributed by atoms with E-state index in [1.807, 2.05) is 0 Å². The Kier molecular flexibility index (Phi) is 3.62. The van der Waals surface area contributed by atoms with E-state index in [1.54, 1.807) is 6.07 Å². The molecule has 2 N–H and O–H groups in total. The van der Waals surface area contributed by atoms with Gasteiger partial charge in [0.05, 0.1) is 0 Å². The van der Waals surface area contributed by atoms with Gasteiger partial charge in [-0.25, -0.2) is 0 Å². The van der Waals surface area contributed by atoms with Crippen LogP contribution in [0.15, 0.2) is 29.1 Å². The van der Waals surface area contributed by atoms with Crippen molar-refractivity contribution in [2.45, 2.75) is 38.5 Å². The van der Waals surface area contributed by atoms with Crippen LogP contribution >= 0.6 is 0 Å². The van der Waals surface area contributed by atoms with Crippen LogP contribution in [0.5, 0.6) is 0 Å². The summed E-state index contributed by atoms with van der Waals surface area (Å²) in [7, 11) is 0. The average Bonchev–Trinajstić information content (AvgIpc) is 2.46. The third kappa shape index (κ3) is 2.50. The summed E-state index contributed by atoms with van der Waals surface area (Å²) in [6.07, 6.45) is 2.36. The predicted octanol–water partition coefficient (Wildman–Crippen LogP) is 3.12. The normalized spacial score (nSPS) is 16.9. The number of benzene rings is 1. The number of piperidine rings is 1. The van der Waals surface area contributed by atoms with Crippen LogP contribution in [0.3, 0.4) is 0 Å². The summed E-state index contributed by atoms with van der Waals surface area (Å²) < 4.78 is 0.